The largest absolute Gasteiger partial charge is 0.299 e. The second-order valence-electron chi connectivity index (χ2n) is 2.97. The number of carbonyl (C=O) groups excluding carboxylic acids is 1. The molecule has 0 aromatic carbocycles. The lowest BCUT2D eigenvalue weighted by molar-refractivity contribution is -0.124. The number of hydrogen-bond donors (Lipinski definition) is 0. The van der Waals surface area contributed by atoms with Crippen LogP contribution in [0.1, 0.15) is 26.2 Å². The van der Waals surface area contributed by atoms with Crippen LogP contribution in [0.5, 0.6) is 0 Å². The highest BCUT2D eigenvalue weighted by Gasteiger charge is 2.35. The zero-order valence-electron chi connectivity index (χ0n) is 5.61. The molecule has 1 fully saturated rings. The SMILES string of the molecule is C[C@@]1(CCl)CCCC1=O. The smallest absolute Gasteiger partial charge is 0.139 e. The number of hydrogen-bond acceptors (Lipinski definition) is 1. The molecule has 1 atom stereocenters. The molecule has 1 saturated carbocycles. The summed E-state index contributed by atoms with van der Waals surface area (Å²) in [5.74, 6) is 0.837. The average Bonchev–Trinajstić information content (AvgIpc) is 2.15. The van der Waals surface area contributed by atoms with Crippen molar-refractivity contribution in [2.45, 2.75) is 26.2 Å². The molecular weight excluding hydrogens is 136 g/mol. The lowest BCUT2D eigenvalue weighted by Crippen LogP contribution is -2.22. The number of carbonyl (C=O) groups is 1. The molecular formula is C7H11ClO. The normalized spacial score (nSPS) is 35.6. The van der Waals surface area contributed by atoms with E-state index in [2.05, 4.69) is 0 Å². The van der Waals surface area contributed by atoms with E-state index in [4.69, 9.17) is 11.6 Å². The molecule has 0 saturated heterocycles. The molecule has 0 amide bonds. The van der Waals surface area contributed by atoms with Gasteiger partial charge in [-0.1, -0.05) is 6.92 Å². The number of alkyl halides is 1. The standard InChI is InChI=1S/C7H11ClO/c1-7(5-8)4-2-3-6(7)9/h2-5H2,1H3/t7-/m0/s1. The maximum Gasteiger partial charge on any atom is 0.139 e. The number of Topliss-reactive ketones (excluding diaryl/α,β-unsaturated/α-hetero) is 1. The summed E-state index contributed by atoms with van der Waals surface area (Å²) in [4.78, 5) is 11.0. The Morgan fingerprint density at radius 3 is 2.67 bits per heavy atom. The zero-order chi connectivity index (χ0) is 6.91. The van der Waals surface area contributed by atoms with Crippen LogP contribution < -0.4 is 0 Å². The summed E-state index contributed by atoms with van der Waals surface area (Å²) in [7, 11) is 0. The van der Waals surface area contributed by atoms with Gasteiger partial charge in [-0.05, 0) is 12.8 Å². The van der Waals surface area contributed by atoms with Crippen LogP contribution in [0.4, 0.5) is 0 Å². The first kappa shape index (κ1) is 7.07. The van der Waals surface area contributed by atoms with Gasteiger partial charge in [0.05, 0.1) is 0 Å². The molecule has 1 rings (SSSR count). The van der Waals surface area contributed by atoms with Crippen molar-refractivity contribution in [2.75, 3.05) is 5.88 Å². The predicted molar refractivity (Wildman–Crippen MR) is 37.7 cm³/mol. The van der Waals surface area contributed by atoms with Crippen LogP contribution >= 0.6 is 11.6 Å². The van der Waals surface area contributed by atoms with Gasteiger partial charge in [-0.15, -0.1) is 11.6 Å². The van der Waals surface area contributed by atoms with E-state index in [1.54, 1.807) is 0 Å². The lowest BCUT2D eigenvalue weighted by atomic mass is 9.91. The number of rotatable bonds is 1. The molecule has 0 N–H and O–H groups in total. The third kappa shape index (κ3) is 1.11. The summed E-state index contributed by atoms with van der Waals surface area (Å²) in [6, 6.07) is 0. The fourth-order valence-electron chi connectivity index (χ4n) is 1.22. The Hall–Kier alpha value is -0.0400. The topological polar surface area (TPSA) is 17.1 Å². The molecule has 0 aromatic heterocycles. The van der Waals surface area contributed by atoms with E-state index >= 15 is 0 Å². The maximum absolute atomic E-state index is 11.0. The lowest BCUT2D eigenvalue weighted by Gasteiger charge is -2.16. The Balaban J connectivity index is 2.67. The van der Waals surface area contributed by atoms with Gasteiger partial charge >= 0.3 is 0 Å². The van der Waals surface area contributed by atoms with E-state index in [-0.39, 0.29) is 5.41 Å². The molecule has 0 spiro atoms. The minimum Gasteiger partial charge on any atom is -0.299 e. The van der Waals surface area contributed by atoms with Crippen LogP contribution in [-0.2, 0) is 4.79 Å². The molecule has 1 nitrogen and oxygen atoms in total. The van der Waals surface area contributed by atoms with Crippen LogP contribution in [0.3, 0.4) is 0 Å². The molecule has 0 aliphatic heterocycles. The minimum absolute atomic E-state index is 0.179. The van der Waals surface area contributed by atoms with Crippen LogP contribution in [0.2, 0.25) is 0 Å². The molecule has 2 heteroatoms. The Morgan fingerprint density at radius 2 is 2.44 bits per heavy atom. The van der Waals surface area contributed by atoms with Crippen molar-refractivity contribution in [1.29, 1.82) is 0 Å². The maximum atomic E-state index is 11.0. The van der Waals surface area contributed by atoms with Gasteiger partial charge in [-0.25, -0.2) is 0 Å². The van der Waals surface area contributed by atoms with Crippen molar-refractivity contribution in [3.63, 3.8) is 0 Å². The van der Waals surface area contributed by atoms with Gasteiger partial charge in [0.1, 0.15) is 5.78 Å². The highest BCUT2D eigenvalue weighted by molar-refractivity contribution is 6.20. The van der Waals surface area contributed by atoms with Crippen molar-refractivity contribution in [1.82, 2.24) is 0 Å². The fourth-order valence-corrected chi connectivity index (χ4v) is 1.50. The van der Waals surface area contributed by atoms with Crippen molar-refractivity contribution < 1.29 is 4.79 Å². The fraction of sp³-hybridized carbons (Fsp3) is 0.857. The third-order valence-corrected chi connectivity index (χ3v) is 2.69. The van der Waals surface area contributed by atoms with E-state index in [0.29, 0.717) is 11.7 Å². The first-order chi connectivity index (χ1) is 4.19. The van der Waals surface area contributed by atoms with E-state index in [0.717, 1.165) is 19.3 Å². The monoisotopic (exact) mass is 146 g/mol. The molecule has 0 unspecified atom stereocenters. The second-order valence-corrected chi connectivity index (χ2v) is 3.24. The Morgan fingerprint density at radius 1 is 1.78 bits per heavy atom. The number of ketones is 1. The predicted octanol–water partition coefficient (Wildman–Crippen LogP) is 1.98. The van der Waals surface area contributed by atoms with Gasteiger partial charge in [0.15, 0.2) is 0 Å². The second kappa shape index (κ2) is 2.30. The molecule has 0 heterocycles. The molecule has 1 aliphatic rings. The Bertz CT molecular complexity index is 133. The zero-order valence-corrected chi connectivity index (χ0v) is 6.37. The molecule has 0 aromatic rings. The van der Waals surface area contributed by atoms with Gasteiger partial charge in [0.2, 0.25) is 0 Å². The number of halogens is 1. The van der Waals surface area contributed by atoms with Gasteiger partial charge < -0.3 is 0 Å². The quantitative estimate of drug-likeness (QED) is 0.517. The van der Waals surface area contributed by atoms with Gasteiger partial charge in [-0.2, -0.15) is 0 Å². The van der Waals surface area contributed by atoms with Crippen molar-refractivity contribution >= 4 is 17.4 Å². The highest BCUT2D eigenvalue weighted by Crippen LogP contribution is 2.34. The Labute approximate surface area is 60.4 Å². The summed E-state index contributed by atoms with van der Waals surface area (Å²) < 4.78 is 0. The van der Waals surface area contributed by atoms with Crippen LogP contribution in [0.15, 0.2) is 0 Å². The molecule has 0 radical (unpaired) electrons. The van der Waals surface area contributed by atoms with Crippen molar-refractivity contribution in [3.05, 3.63) is 0 Å². The molecule has 9 heavy (non-hydrogen) atoms. The van der Waals surface area contributed by atoms with Gasteiger partial charge in [0, 0.05) is 17.7 Å². The van der Waals surface area contributed by atoms with Crippen LogP contribution in [-0.4, -0.2) is 11.7 Å². The Kier molecular flexibility index (Phi) is 1.80. The summed E-state index contributed by atoms with van der Waals surface area (Å²) >= 11 is 5.62. The highest BCUT2D eigenvalue weighted by atomic mass is 35.5. The van der Waals surface area contributed by atoms with E-state index in [1.807, 2.05) is 6.92 Å². The van der Waals surface area contributed by atoms with Crippen molar-refractivity contribution in [3.8, 4) is 0 Å². The molecule has 1 aliphatic carbocycles. The summed E-state index contributed by atoms with van der Waals surface area (Å²) in [6.45, 7) is 1.95. The first-order valence-electron chi connectivity index (χ1n) is 3.28. The summed E-state index contributed by atoms with van der Waals surface area (Å²) in [5.41, 5.74) is -0.179. The molecule has 52 valence electrons. The summed E-state index contributed by atoms with van der Waals surface area (Å²) in [5, 5.41) is 0. The first-order valence-corrected chi connectivity index (χ1v) is 3.82. The average molecular weight is 147 g/mol. The third-order valence-electron chi connectivity index (χ3n) is 2.10. The van der Waals surface area contributed by atoms with E-state index < -0.39 is 0 Å². The minimum atomic E-state index is -0.179. The van der Waals surface area contributed by atoms with E-state index in [1.165, 1.54) is 0 Å². The van der Waals surface area contributed by atoms with Gasteiger partial charge in [0.25, 0.3) is 0 Å². The van der Waals surface area contributed by atoms with Crippen LogP contribution in [0.25, 0.3) is 0 Å². The van der Waals surface area contributed by atoms with Crippen molar-refractivity contribution in [2.24, 2.45) is 5.41 Å². The van der Waals surface area contributed by atoms with Crippen LogP contribution in [0, 0.1) is 5.41 Å². The van der Waals surface area contributed by atoms with Gasteiger partial charge in [-0.3, -0.25) is 4.79 Å². The summed E-state index contributed by atoms with van der Waals surface area (Å²) in [6.07, 6.45) is 2.75. The van der Waals surface area contributed by atoms with E-state index in [9.17, 15) is 4.79 Å². The molecule has 0 bridgehead atoms.